The van der Waals surface area contributed by atoms with Crippen LogP contribution in [0.2, 0.25) is 0 Å². The molecule has 2 bridgehead atoms. The van der Waals surface area contributed by atoms with Gasteiger partial charge in [0.25, 0.3) is 0 Å². The molecule has 15 heavy (non-hydrogen) atoms. The Balaban J connectivity index is 0.000000188. The second kappa shape index (κ2) is 3.67. The Morgan fingerprint density at radius 1 is 0.867 bits per heavy atom. The molecule has 0 aromatic heterocycles. The van der Waals surface area contributed by atoms with Crippen LogP contribution in [-0.2, 0) is 0 Å². The van der Waals surface area contributed by atoms with Crippen molar-refractivity contribution in [1.29, 1.82) is 0 Å². The lowest BCUT2D eigenvalue weighted by atomic mass is 9.82. The number of aryl methyl sites for hydroxylation is 1. The van der Waals surface area contributed by atoms with E-state index in [4.69, 9.17) is 0 Å². The van der Waals surface area contributed by atoms with Gasteiger partial charge in [-0.3, -0.25) is 0 Å². The molecule has 0 unspecified atom stereocenters. The van der Waals surface area contributed by atoms with Gasteiger partial charge in [0.05, 0.1) is 0 Å². The molecule has 0 fully saturated rings. The molecular formula is C14H17N. The molecule has 0 aliphatic heterocycles. The van der Waals surface area contributed by atoms with Crippen LogP contribution in [0.15, 0.2) is 30.3 Å². The Bertz CT molecular complexity index is 490. The fourth-order valence-corrected chi connectivity index (χ4v) is 2.01. The van der Waals surface area contributed by atoms with Gasteiger partial charge in [-0.1, -0.05) is 30.3 Å². The van der Waals surface area contributed by atoms with Crippen molar-refractivity contribution in [3.05, 3.63) is 35.9 Å². The zero-order valence-electron chi connectivity index (χ0n) is 9.83. The Labute approximate surface area is 91.3 Å². The minimum absolute atomic E-state index is 1.38. The summed E-state index contributed by atoms with van der Waals surface area (Å²) >= 11 is 0. The van der Waals surface area contributed by atoms with Crippen LogP contribution < -0.4 is 0 Å². The molecule has 0 N–H and O–H groups in total. The number of benzene rings is 3. The van der Waals surface area contributed by atoms with E-state index < -0.39 is 0 Å². The molecule has 1 aliphatic rings. The maximum absolute atomic E-state index is 2.22. The minimum atomic E-state index is 1.38. The van der Waals surface area contributed by atoms with Gasteiger partial charge in [0.15, 0.2) is 0 Å². The van der Waals surface area contributed by atoms with E-state index in [9.17, 15) is 0 Å². The SMILES string of the molecule is CN(C)C.Cc1c2ccc3cccc-2c13. The highest BCUT2D eigenvalue weighted by molar-refractivity contribution is 6.10. The summed E-state index contributed by atoms with van der Waals surface area (Å²) in [6.45, 7) is 2.20. The molecule has 0 saturated heterocycles. The van der Waals surface area contributed by atoms with Gasteiger partial charge in [-0.15, -0.1) is 0 Å². The molecule has 0 amide bonds. The Morgan fingerprint density at radius 2 is 1.53 bits per heavy atom. The molecule has 0 saturated carbocycles. The van der Waals surface area contributed by atoms with Crippen molar-refractivity contribution in [2.24, 2.45) is 0 Å². The normalized spacial score (nSPS) is 11.3. The van der Waals surface area contributed by atoms with Crippen molar-refractivity contribution in [2.75, 3.05) is 21.1 Å². The second-order valence-electron chi connectivity index (χ2n) is 4.48. The lowest BCUT2D eigenvalue weighted by Crippen LogP contribution is -1.99. The lowest BCUT2D eigenvalue weighted by Gasteiger charge is -2.21. The van der Waals surface area contributed by atoms with Crippen LogP contribution in [0.3, 0.4) is 0 Å². The van der Waals surface area contributed by atoms with Gasteiger partial charge in [0, 0.05) is 0 Å². The van der Waals surface area contributed by atoms with Crippen molar-refractivity contribution in [3.8, 4) is 11.1 Å². The first-order chi connectivity index (χ1) is 7.11. The molecule has 0 spiro atoms. The smallest absolute Gasteiger partial charge is 0.00698 e. The number of fused-ring (bicyclic) bond motifs is 2. The standard InChI is InChI=1S/C11H8.C3H9N/c1-7-9-6-5-8-3-2-4-10(9)11(7)8;1-4(2)3/h2-6H,1H3;1-3H3. The molecule has 0 radical (unpaired) electrons. The van der Waals surface area contributed by atoms with Crippen LogP contribution in [0.25, 0.3) is 21.9 Å². The third kappa shape index (κ3) is 1.64. The molecule has 2 aromatic carbocycles. The molecular weight excluding hydrogens is 182 g/mol. The Kier molecular flexibility index (Phi) is 2.49. The number of hydrogen-bond acceptors (Lipinski definition) is 1. The molecule has 1 aliphatic carbocycles. The van der Waals surface area contributed by atoms with Gasteiger partial charge in [0.1, 0.15) is 0 Å². The van der Waals surface area contributed by atoms with Gasteiger partial charge >= 0.3 is 0 Å². The molecule has 1 heteroatoms. The van der Waals surface area contributed by atoms with Crippen molar-refractivity contribution in [3.63, 3.8) is 0 Å². The van der Waals surface area contributed by atoms with Crippen molar-refractivity contribution in [2.45, 2.75) is 6.92 Å². The lowest BCUT2D eigenvalue weighted by molar-refractivity contribution is 0.505. The van der Waals surface area contributed by atoms with Gasteiger partial charge in [-0.05, 0) is 55.5 Å². The van der Waals surface area contributed by atoms with Gasteiger partial charge < -0.3 is 4.90 Å². The van der Waals surface area contributed by atoms with E-state index in [0.717, 1.165) is 0 Å². The average molecular weight is 199 g/mol. The highest BCUT2D eigenvalue weighted by Gasteiger charge is 2.17. The van der Waals surface area contributed by atoms with E-state index in [1.54, 1.807) is 0 Å². The second-order valence-corrected chi connectivity index (χ2v) is 4.48. The zero-order chi connectivity index (χ0) is 11.0. The highest BCUT2D eigenvalue weighted by atomic mass is 15.0. The molecule has 2 aromatic rings. The van der Waals surface area contributed by atoms with E-state index in [1.807, 2.05) is 26.0 Å². The summed E-state index contributed by atoms with van der Waals surface area (Å²) in [6.07, 6.45) is 0. The van der Waals surface area contributed by atoms with Crippen molar-refractivity contribution in [1.82, 2.24) is 4.90 Å². The van der Waals surface area contributed by atoms with Crippen LogP contribution in [0.1, 0.15) is 5.56 Å². The molecule has 78 valence electrons. The average Bonchev–Trinajstić information content (AvgIpc) is 2.16. The Hall–Kier alpha value is -1.34. The van der Waals surface area contributed by atoms with Crippen LogP contribution in [0, 0.1) is 6.92 Å². The van der Waals surface area contributed by atoms with E-state index in [2.05, 4.69) is 37.3 Å². The topological polar surface area (TPSA) is 3.24 Å². The van der Waals surface area contributed by atoms with Crippen LogP contribution >= 0.6 is 0 Å². The first-order valence-corrected chi connectivity index (χ1v) is 5.25. The third-order valence-corrected chi connectivity index (χ3v) is 2.60. The maximum Gasteiger partial charge on any atom is -0.00698 e. The zero-order valence-corrected chi connectivity index (χ0v) is 9.83. The third-order valence-electron chi connectivity index (χ3n) is 2.60. The quantitative estimate of drug-likeness (QED) is 0.537. The summed E-state index contributed by atoms with van der Waals surface area (Å²) < 4.78 is 0. The number of rotatable bonds is 0. The minimum Gasteiger partial charge on any atom is -0.312 e. The van der Waals surface area contributed by atoms with Gasteiger partial charge in [0.2, 0.25) is 0 Å². The fourth-order valence-electron chi connectivity index (χ4n) is 2.01. The van der Waals surface area contributed by atoms with E-state index >= 15 is 0 Å². The predicted molar refractivity (Wildman–Crippen MR) is 67.3 cm³/mol. The van der Waals surface area contributed by atoms with Crippen LogP contribution in [0.4, 0.5) is 0 Å². The fraction of sp³-hybridized carbons (Fsp3) is 0.286. The summed E-state index contributed by atoms with van der Waals surface area (Å²) in [4.78, 5) is 2.00. The number of hydrogen-bond donors (Lipinski definition) is 0. The van der Waals surface area contributed by atoms with E-state index in [0.29, 0.717) is 0 Å². The summed E-state index contributed by atoms with van der Waals surface area (Å²) in [6, 6.07) is 10.9. The first-order valence-electron chi connectivity index (χ1n) is 5.25. The summed E-state index contributed by atoms with van der Waals surface area (Å²) in [5, 5.41) is 2.86. The molecule has 0 atom stereocenters. The highest BCUT2D eigenvalue weighted by Crippen LogP contribution is 2.43. The maximum atomic E-state index is 2.22. The van der Waals surface area contributed by atoms with E-state index in [-0.39, 0.29) is 0 Å². The number of nitrogens with zero attached hydrogens (tertiary/aromatic N) is 1. The molecule has 1 nitrogen and oxygen atoms in total. The van der Waals surface area contributed by atoms with Gasteiger partial charge in [-0.25, -0.2) is 0 Å². The van der Waals surface area contributed by atoms with Crippen molar-refractivity contribution < 1.29 is 0 Å². The summed E-state index contributed by atoms with van der Waals surface area (Å²) in [5.74, 6) is 0. The monoisotopic (exact) mass is 199 g/mol. The van der Waals surface area contributed by atoms with E-state index in [1.165, 1.54) is 27.5 Å². The van der Waals surface area contributed by atoms with Crippen molar-refractivity contribution >= 4 is 10.8 Å². The predicted octanol–water partition coefficient (Wildman–Crippen LogP) is 3.31. The molecule has 0 heterocycles. The Morgan fingerprint density at radius 3 is 2.00 bits per heavy atom. The van der Waals surface area contributed by atoms with Gasteiger partial charge in [-0.2, -0.15) is 0 Å². The van der Waals surface area contributed by atoms with Crippen LogP contribution in [0.5, 0.6) is 0 Å². The summed E-state index contributed by atoms with van der Waals surface area (Å²) in [7, 11) is 6.00. The molecule has 3 rings (SSSR count). The summed E-state index contributed by atoms with van der Waals surface area (Å²) in [5.41, 5.74) is 4.36. The first kappa shape index (κ1) is 10.2. The van der Waals surface area contributed by atoms with Crippen LogP contribution in [-0.4, -0.2) is 26.0 Å². The largest absolute Gasteiger partial charge is 0.312 e.